The molecule has 3 aromatic heterocycles. The fraction of sp³-hybridized carbons (Fsp3) is 0.467. The Morgan fingerprint density at radius 3 is 2.88 bits per heavy atom. The van der Waals surface area contributed by atoms with Crippen molar-refractivity contribution in [3.8, 4) is 0 Å². The molecule has 0 unspecified atom stereocenters. The quantitative estimate of drug-likeness (QED) is 0.466. The average molecular weight is 398 g/mol. The number of nitrogens with zero attached hydrogens (tertiary/aromatic N) is 3. The highest BCUT2D eigenvalue weighted by atomic mass is 32.2. The van der Waals surface area contributed by atoms with Gasteiger partial charge in [0.1, 0.15) is 10.7 Å². The monoisotopic (exact) mass is 397 g/mol. The number of rotatable bonds is 7. The fourth-order valence-corrected chi connectivity index (χ4v) is 5.28. The third kappa shape index (κ3) is 4.02. The van der Waals surface area contributed by atoms with E-state index in [0.29, 0.717) is 24.4 Å². The van der Waals surface area contributed by atoms with Gasteiger partial charge < -0.3 is 15.0 Å². The Morgan fingerprint density at radius 2 is 2.12 bits per heavy atom. The maximum absolute atomic E-state index is 12.4. The molecule has 3 rings (SSSR count). The van der Waals surface area contributed by atoms with Gasteiger partial charge in [-0.05, 0) is 26.3 Å². The first-order chi connectivity index (χ1) is 12.0. The van der Waals surface area contributed by atoms with E-state index in [9.17, 15) is 4.79 Å². The van der Waals surface area contributed by atoms with E-state index in [-0.39, 0.29) is 10.8 Å². The van der Waals surface area contributed by atoms with Crippen molar-refractivity contribution in [3.63, 3.8) is 0 Å². The molecule has 0 aromatic carbocycles. The van der Waals surface area contributed by atoms with Crippen molar-refractivity contribution in [1.29, 1.82) is 0 Å². The van der Waals surface area contributed by atoms with E-state index < -0.39 is 0 Å². The van der Waals surface area contributed by atoms with E-state index in [4.69, 9.17) is 4.74 Å². The highest BCUT2D eigenvalue weighted by molar-refractivity contribution is 8.01. The fourth-order valence-electron chi connectivity index (χ4n) is 2.26. The third-order valence-corrected chi connectivity index (χ3v) is 6.88. The van der Waals surface area contributed by atoms with E-state index in [0.717, 1.165) is 24.7 Å². The molecule has 0 aliphatic carbocycles. The van der Waals surface area contributed by atoms with Gasteiger partial charge in [-0.25, -0.2) is 4.98 Å². The normalized spacial score (nSPS) is 12.6. The Balaban J connectivity index is 1.76. The zero-order valence-corrected chi connectivity index (χ0v) is 16.8. The number of hydrogen-bond acceptors (Lipinski definition) is 9. The van der Waals surface area contributed by atoms with Crippen molar-refractivity contribution in [1.82, 2.24) is 20.2 Å². The van der Waals surface area contributed by atoms with Crippen LogP contribution in [0.4, 0.5) is 5.13 Å². The second-order valence-electron chi connectivity index (χ2n) is 5.47. The first-order valence-corrected chi connectivity index (χ1v) is 10.2. The molecule has 2 N–H and O–H groups in total. The minimum Gasteiger partial charge on any atom is -0.383 e. The molecule has 0 bridgehead atoms. The van der Waals surface area contributed by atoms with Crippen LogP contribution in [0.2, 0.25) is 0 Å². The molecular formula is C15H19N5O2S3. The summed E-state index contributed by atoms with van der Waals surface area (Å²) in [6.45, 7) is 7.28. The van der Waals surface area contributed by atoms with Gasteiger partial charge in [-0.1, -0.05) is 23.1 Å². The summed E-state index contributed by atoms with van der Waals surface area (Å²) < 4.78 is 5.82. The van der Waals surface area contributed by atoms with Gasteiger partial charge >= 0.3 is 0 Å². The van der Waals surface area contributed by atoms with Crippen LogP contribution >= 0.6 is 34.4 Å². The first-order valence-electron chi connectivity index (χ1n) is 7.72. The van der Waals surface area contributed by atoms with Crippen LogP contribution in [-0.2, 0) is 4.74 Å². The molecular weight excluding hydrogens is 378 g/mol. The van der Waals surface area contributed by atoms with Gasteiger partial charge in [-0.15, -0.1) is 21.5 Å². The number of anilines is 1. The van der Waals surface area contributed by atoms with Crippen molar-refractivity contribution in [2.45, 2.75) is 30.4 Å². The van der Waals surface area contributed by atoms with Gasteiger partial charge in [0, 0.05) is 18.5 Å². The number of hydrogen-bond donors (Lipinski definition) is 2. The Labute approximate surface area is 157 Å². The van der Waals surface area contributed by atoms with Crippen LogP contribution < -0.4 is 10.9 Å². The van der Waals surface area contributed by atoms with E-state index >= 15 is 0 Å². The number of thiophene rings is 1. The lowest BCUT2D eigenvalue weighted by molar-refractivity contribution is 0.211. The number of aryl methyl sites for hydroxylation is 2. The smallest absolute Gasteiger partial charge is 0.259 e. The maximum Gasteiger partial charge on any atom is 0.259 e. The standard InChI is InChI=1S/C15H19N5O2S3/c1-7-8(2)23-13-10(7)12(21)17-11(18-13)9(3)24-15-20-19-14(25-15)16-5-6-22-4/h9H,5-6H2,1-4H3,(H,16,19)(H,17,18,21)/t9-/m1/s1. The summed E-state index contributed by atoms with van der Waals surface area (Å²) in [6, 6.07) is 0. The lowest BCUT2D eigenvalue weighted by atomic mass is 10.2. The molecule has 0 radical (unpaired) electrons. The number of aromatic nitrogens is 4. The first kappa shape index (κ1) is 18.3. The molecule has 3 aromatic rings. The molecule has 10 heteroatoms. The maximum atomic E-state index is 12.4. The van der Waals surface area contributed by atoms with E-state index in [1.165, 1.54) is 23.1 Å². The van der Waals surface area contributed by atoms with E-state index in [1.54, 1.807) is 18.4 Å². The number of nitrogens with one attached hydrogen (secondary N) is 2. The minimum absolute atomic E-state index is 0.0282. The van der Waals surface area contributed by atoms with Gasteiger partial charge in [0.25, 0.3) is 5.56 Å². The molecule has 3 heterocycles. The zero-order chi connectivity index (χ0) is 18.0. The number of aromatic amines is 1. The Morgan fingerprint density at radius 1 is 1.32 bits per heavy atom. The lowest BCUT2D eigenvalue weighted by Crippen LogP contribution is -2.12. The Kier molecular flexibility index (Phi) is 5.72. The summed E-state index contributed by atoms with van der Waals surface area (Å²) >= 11 is 4.57. The van der Waals surface area contributed by atoms with Crippen molar-refractivity contribution in [2.75, 3.05) is 25.6 Å². The number of ether oxygens (including phenoxy) is 1. The van der Waals surface area contributed by atoms with Crippen LogP contribution in [0, 0.1) is 13.8 Å². The second kappa shape index (κ2) is 7.81. The number of methoxy groups -OCH3 is 1. The molecule has 0 aliphatic rings. The van der Waals surface area contributed by atoms with Crippen LogP contribution in [0.3, 0.4) is 0 Å². The molecule has 134 valence electrons. The summed E-state index contributed by atoms with van der Waals surface area (Å²) in [5, 5.41) is 12.9. The summed E-state index contributed by atoms with van der Waals surface area (Å²) in [5.41, 5.74) is 0.935. The van der Waals surface area contributed by atoms with E-state index in [1.807, 2.05) is 20.8 Å². The average Bonchev–Trinajstić information content (AvgIpc) is 3.12. The largest absolute Gasteiger partial charge is 0.383 e. The highest BCUT2D eigenvalue weighted by Gasteiger charge is 2.17. The highest BCUT2D eigenvalue weighted by Crippen LogP contribution is 2.36. The zero-order valence-electron chi connectivity index (χ0n) is 14.4. The van der Waals surface area contributed by atoms with Gasteiger partial charge in [-0.3, -0.25) is 4.79 Å². The van der Waals surface area contributed by atoms with Gasteiger partial charge in [0.2, 0.25) is 5.13 Å². The van der Waals surface area contributed by atoms with Crippen molar-refractivity contribution in [2.24, 2.45) is 0 Å². The van der Waals surface area contributed by atoms with Crippen LogP contribution in [0.5, 0.6) is 0 Å². The molecule has 0 fully saturated rings. The molecule has 1 atom stereocenters. The summed E-state index contributed by atoms with van der Waals surface area (Å²) in [4.78, 5) is 21.9. The lowest BCUT2D eigenvalue weighted by Gasteiger charge is -2.07. The van der Waals surface area contributed by atoms with Crippen molar-refractivity contribution in [3.05, 3.63) is 26.6 Å². The summed E-state index contributed by atoms with van der Waals surface area (Å²) in [7, 11) is 1.66. The molecule has 0 spiro atoms. The second-order valence-corrected chi connectivity index (χ2v) is 9.24. The molecule has 7 nitrogen and oxygen atoms in total. The SMILES string of the molecule is COCCNc1nnc(S[C@H](C)c2nc3sc(C)c(C)c3c(=O)[nH]2)s1. The summed E-state index contributed by atoms with van der Waals surface area (Å²) in [6.07, 6.45) is 0. The Hall–Kier alpha value is -1.49. The molecule has 0 saturated carbocycles. The Bertz CT molecular complexity index is 933. The van der Waals surface area contributed by atoms with Gasteiger partial charge in [0.15, 0.2) is 4.34 Å². The third-order valence-electron chi connectivity index (χ3n) is 3.71. The molecule has 0 aliphatic heterocycles. The molecule has 25 heavy (non-hydrogen) atoms. The van der Waals surface area contributed by atoms with Crippen molar-refractivity contribution >= 4 is 49.8 Å². The van der Waals surface area contributed by atoms with Gasteiger partial charge in [-0.2, -0.15) is 0 Å². The van der Waals surface area contributed by atoms with Crippen LogP contribution in [0.1, 0.15) is 28.4 Å². The molecule has 0 amide bonds. The number of thioether (sulfide) groups is 1. The summed E-state index contributed by atoms with van der Waals surface area (Å²) in [5.74, 6) is 0.660. The van der Waals surface area contributed by atoms with Crippen LogP contribution in [0.15, 0.2) is 9.13 Å². The van der Waals surface area contributed by atoms with Crippen LogP contribution in [-0.4, -0.2) is 40.4 Å². The molecule has 0 saturated heterocycles. The predicted octanol–water partition coefficient (Wildman–Crippen LogP) is 3.36. The predicted molar refractivity (Wildman–Crippen MR) is 104 cm³/mol. The van der Waals surface area contributed by atoms with Crippen molar-refractivity contribution < 1.29 is 4.74 Å². The van der Waals surface area contributed by atoms with Gasteiger partial charge in [0.05, 0.1) is 17.2 Å². The van der Waals surface area contributed by atoms with E-state index in [2.05, 4.69) is 25.5 Å². The van der Waals surface area contributed by atoms with Crippen LogP contribution in [0.25, 0.3) is 10.2 Å². The number of H-pyrrole nitrogens is 1. The topological polar surface area (TPSA) is 92.8 Å². The number of fused-ring (bicyclic) bond motifs is 1. The minimum atomic E-state index is -0.0755.